The molecule has 0 radical (unpaired) electrons. The first-order valence-corrected chi connectivity index (χ1v) is 9.15. The van der Waals surface area contributed by atoms with Gasteiger partial charge in [-0.05, 0) is 6.92 Å². The van der Waals surface area contributed by atoms with E-state index in [4.69, 9.17) is 16.3 Å². The van der Waals surface area contributed by atoms with Gasteiger partial charge in [0.15, 0.2) is 6.19 Å². The summed E-state index contributed by atoms with van der Waals surface area (Å²) in [6.07, 6.45) is 5.94. The molecule has 6 heteroatoms. The summed E-state index contributed by atoms with van der Waals surface area (Å²) in [4.78, 5) is 0. The molecule has 0 fully saturated rings. The van der Waals surface area contributed by atoms with E-state index >= 15 is 0 Å². The molecule has 0 aliphatic carbocycles. The molecule has 28 heavy (non-hydrogen) atoms. The van der Waals surface area contributed by atoms with Crippen LogP contribution < -0.4 is 11.1 Å². The van der Waals surface area contributed by atoms with Crippen molar-refractivity contribution in [3.63, 3.8) is 0 Å². The van der Waals surface area contributed by atoms with E-state index in [1.54, 1.807) is 4.57 Å². The first kappa shape index (κ1) is 19.0. The normalized spacial score (nSPS) is 10.1. The van der Waals surface area contributed by atoms with Crippen LogP contribution in [0.15, 0.2) is 60.9 Å². The number of nitrogens with one attached hydrogen (secondary N) is 1. The number of nitrogens with zero attached hydrogens (tertiary/aromatic N) is 4. The fourth-order valence-corrected chi connectivity index (χ4v) is 3.24. The van der Waals surface area contributed by atoms with Crippen LogP contribution in [0.25, 0.3) is 21.5 Å². The van der Waals surface area contributed by atoms with Crippen molar-refractivity contribution in [3.05, 3.63) is 66.6 Å². The topological polar surface area (TPSA) is 95.5 Å². The standard InChI is InChI=1S/2C11H11N3/c1-2-13-11-10-6-4-3-5-9(10)7-14(11)8-12;12-5-6-14-8-9-3-1-2-4-10(9)11(14)7-13/h3-7,13H,2H2,1H3;1-4,8H,5-6,12H2. The molecule has 0 saturated heterocycles. The Kier molecular flexibility index (Phi) is 5.96. The van der Waals surface area contributed by atoms with Gasteiger partial charge in [0.25, 0.3) is 0 Å². The lowest BCUT2D eigenvalue weighted by Crippen LogP contribution is -2.10. The molecule has 0 atom stereocenters. The van der Waals surface area contributed by atoms with Crippen LogP contribution in [0.1, 0.15) is 12.6 Å². The van der Waals surface area contributed by atoms with E-state index in [9.17, 15) is 0 Å². The molecule has 4 rings (SSSR count). The molecule has 0 amide bonds. The fourth-order valence-electron chi connectivity index (χ4n) is 3.24. The highest BCUT2D eigenvalue weighted by Crippen LogP contribution is 2.24. The maximum Gasteiger partial charge on any atom is 0.190 e. The van der Waals surface area contributed by atoms with Crippen molar-refractivity contribution in [3.8, 4) is 12.3 Å². The fraction of sp³-hybridized carbons (Fsp3) is 0.182. The lowest BCUT2D eigenvalue weighted by Gasteiger charge is -2.02. The second-order valence-corrected chi connectivity index (χ2v) is 6.22. The molecule has 0 aliphatic rings. The van der Waals surface area contributed by atoms with Gasteiger partial charge in [-0.15, -0.1) is 0 Å². The van der Waals surface area contributed by atoms with E-state index in [1.165, 1.54) is 0 Å². The van der Waals surface area contributed by atoms with Crippen LogP contribution >= 0.6 is 0 Å². The Morgan fingerprint density at radius 2 is 1.61 bits per heavy atom. The Bertz CT molecular complexity index is 1160. The second-order valence-electron chi connectivity index (χ2n) is 6.22. The lowest BCUT2D eigenvalue weighted by molar-refractivity contribution is 0.708. The van der Waals surface area contributed by atoms with Gasteiger partial charge in [-0.3, -0.25) is 0 Å². The summed E-state index contributed by atoms with van der Waals surface area (Å²) in [6, 6.07) is 18.1. The molecular formula is C22H22N6. The van der Waals surface area contributed by atoms with E-state index < -0.39 is 0 Å². The summed E-state index contributed by atoms with van der Waals surface area (Å²) in [6.45, 7) is 4.08. The molecule has 2 aromatic carbocycles. The van der Waals surface area contributed by atoms with Crippen molar-refractivity contribution >= 4 is 27.4 Å². The summed E-state index contributed by atoms with van der Waals surface area (Å²) in [5, 5.41) is 25.4. The summed E-state index contributed by atoms with van der Waals surface area (Å²) in [5.41, 5.74) is 6.18. The highest BCUT2D eigenvalue weighted by molar-refractivity contribution is 5.94. The van der Waals surface area contributed by atoms with E-state index in [1.807, 2.05) is 72.4 Å². The number of nitriles is 2. The average molecular weight is 370 g/mol. The zero-order valence-corrected chi connectivity index (χ0v) is 15.8. The Hall–Kier alpha value is -3.74. The number of nitrogens with two attached hydrogens (primary N) is 1. The van der Waals surface area contributed by atoms with E-state index in [2.05, 4.69) is 17.6 Å². The van der Waals surface area contributed by atoms with Crippen molar-refractivity contribution < 1.29 is 0 Å². The second kappa shape index (κ2) is 8.77. The number of aromatic nitrogens is 2. The van der Waals surface area contributed by atoms with Gasteiger partial charge in [0.2, 0.25) is 0 Å². The Balaban J connectivity index is 0.000000161. The molecule has 0 saturated carbocycles. The van der Waals surface area contributed by atoms with Gasteiger partial charge in [-0.2, -0.15) is 10.5 Å². The minimum absolute atomic E-state index is 0.551. The average Bonchev–Trinajstić information content (AvgIpc) is 3.26. The van der Waals surface area contributed by atoms with E-state index in [0.29, 0.717) is 18.8 Å². The van der Waals surface area contributed by atoms with Gasteiger partial charge in [-0.1, -0.05) is 48.5 Å². The molecule has 2 aromatic heterocycles. The third-order valence-corrected chi connectivity index (χ3v) is 4.45. The molecule has 0 bridgehead atoms. The number of hydrogen-bond donors (Lipinski definition) is 2. The first-order valence-electron chi connectivity index (χ1n) is 9.15. The van der Waals surface area contributed by atoms with Crippen molar-refractivity contribution in [2.75, 3.05) is 18.4 Å². The number of fused-ring (bicyclic) bond motifs is 2. The molecule has 0 aliphatic heterocycles. The van der Waals surface area contributed by atoms with Crippen LogP contribution in [0.3, 0.4) is 0 Å². The SMILES string of the molecule is CCNc1c2ccccc2cn1C#N.N#Cc1c2ccccc2cn1CCN. The van der Waals surface area contributed by atoms with Gasteiger partial charge in [0.1, 0.15) is 17.6 Å². The van der Waals surface area contributed by atoms with Gasteiger partial charge in [-0.25, -0.2) is 4.57 Å². The summed E-state index contributed by atoms with van der Waals surface area (Å²) in [7, 11) is 0. The number of rotatable bonds is 4. The van der Waals surface area contributed by atoms with Crippen LogP contribution in [-0.4, -0.2) is 22.2 Å². The molecule has 2 heterocycles. The zero-order chi connectivity index (χ0) is 19.9. The molecule has 6 nitrogen and oxygen atoms in total. The van der Waals surface area contributed by atoms with Crippen molar-refractivity contribution in [1.82, 2.24) is 9.13 Å². The number of hydrogen-bond acceptors (Lipinski definition) is 4. The predicted molar refractivity (Wildman–Crippen MR) is 113 cm³/mol. The van der Waals surface area contributed by atoms with Crippen LogP contribution in [0, 0.1) is 22.8 Å². The molecule has 140 valence electrons. The maximum atomic E-state index is 9.02. The van der Waals surface area contributed by atoms with Crippen LogP contribution in [0.4, 0.5) is 5.82 Å². The molecule has 3 N–H and O–H groups in total. The Morgan fingerprint density at radius 1 is 0.964 bits per heavy atom. The van der Waals surface area contributed by atoms with Crippen molar-refractivity contribution in [2.45, 2.75) is 13.5 Å². The monoisotopic (exact) mass is 370 g/mol. The maximum absolute atomic E-state index is 9.02. The third-order valence-electron chi connectivity index (χ3n) is 4.45. The van der Waals surface area contributed by atoms with Crippen molar-refractivity contribution in [2.24, 2.45) is 5.73 Å². The summed E-state index contributed by atoms with van der Waals surface area (Å²) < 4.78 is 3.47. The number of benzene rings is 2. The minimum Gasteiger partial charge on any atom is -0.370 e. The summed E-state index contributed by atoms with van der Waals surface area (Å²) in [5.74, 6) is 0.880. The third kappa shape index (κ3) is 3.68. The van der Waals surface area contributed by atoms with Crippen LogP contribution in [-0.2, 0) is 6.54 Å². The molecule has 4 aromatic rings. The van der Waals surface area contributed by atoms with E-state index in [-0.39, 0.29) is 0 Å². The Morgan fingerprint density at radius 3 is 2.21 bits per heavy atom. The van der Waals surface area contributed by atoms with Gasteiger partial charge < -0.3 is 15.6 Å². The zero-order valence-electron chi connectivity index (χ0n) is 15.8. The molecule has 0 spiro atoms. The Labute approximate surface area is 164 Å². The predicted octanol–water partition coefficient (Wildman–Crippen LogP) is 3.87. The molecule has 0 unspecified atom stereocenters. The van der Waals surface area contributed by atoms with Crippen LogP contribution in [0.2, 0.25) is 0 Å². The quantitative estimate of drug-likeness (QED) is 0.570. The first-order chi connectivity index (χ1) is 13.7. The smallest absolute Gasteiger partial charge is 0.190 e. The van der Waals surface area contributed by atoms with Crippen molar-refractivity contribution in [1.29, 1.82) is 10.5 Å². The number of anilines is 1. The minimum atomic E-state index is 0.551. The van der Waals surface area contributed by atoms with Gasteiger partial charge in [0.05, 0.1) is 0 Å². The summed E-state index contributed by atoms with van der Waals surface area (Å²) >= 11 is 0. The highest BCUT2D eigenvalue weighted by Gasteiger charge is 2.07. The van der Waals surface area contributed by atoms with Gasteiger partial charge >= 0.3 is 0 Å². The van der Waals surface area contributed by atoms with Gasteiger partial charge in [0, 0.05) is 53.6 Å². The lowest BCUT2D eigenvalue weighted by atomic mass is 10.2. The largest absolute Gasteiger partial charge is 0.370 e. The van der Waals surface area contributed by atoms with Crippen LogP contribution in [0.5, 0.6) is 0 Å². The molecular weight excluding hydrogens is 348 g/mol. The highest BCUT2D eigenvalue weighted by atomic mass is 15.1. The van der Waals surface area contributed by atoms with E-state index in [0.717, 1.165) is 33.9 Å².